The smallest absolute Gasteiger partial charge is 0.319 e. The quantitative estimate of drug-likeness (QED) is 0.593. The molecule has 3 aromatic rings. The van der Waals surface area contributed by atoms with Gasteiger partial charge in [-0.15, -0.1) is 0 Å². The van der Waals surface area contributed by atoms with E-state index in [-0.39, 0.29) is 17.8 Å². The van der Waals surface area contributed by atoms with E-state index in [1.54, 1.807) is 31.2 Å². The lowest BCUT2D eigenvalue weighted by Gasteiger charge is -2.13. The Morgan fingerprint density at radius 2 is 1.74 bits per heavy atom. The number of hydrogen-bond acceptors (Lipinski definition) is 4. The molecule has 0 bridgehead atoms. The molecule has 1 atom stereocenters. The number of hydrogen-bond donors (Lipinski definition) is 3. The Balaban J connectivity index is 1.60. The summed E-state index contributed by atoms with van der Waals surface area (Å²) in [5, 5.41) is 6.50. The van der Waals surface area contributed by atoms with Crippen LogP contribution in [-0.4, -0.2) is 20.2 Å². The molecule has 0 saturated carbocycles. The largest absolute Gasteiger partial charge is 0.459 e. The van der Waals surface area contributed by atoms with Crippen molar-refractivity contribution < 1.29 is 17.6 Å². The highest BCUT2D eigenvalue weighted by atomic mass is 32.2. The van der Waals surface area contributed by atoms with Gasteiger partial charge in [-0.3, -0.25) is 4.72 Å². The predicted molar refractivity (Wildman–Crippen MR) is 106 cm³/mol. The molecule has 1 unspecified atom stereocenters. The molecule has 0 aliphatic carbocycles. The molecule has 3 N–H and O–H groups in total. The Kier molecular flexibility index (Phi) is 5.36. The zero-order valence-corrected chi connectivity index (χ0v) is 15.8. The number of sulfonamides is 1. The minimum absolute atomic E-state index is 0.00487. The van der Waals surface area contributed by atoms with Crippen molar-refractivity contribution in [3.05, 3.63) is 60.4 Å². The van der Waals surface area contributed by atoms with Gasteiger partial charge in [0.15, 0.2) is 0 Å². The highest BCUT2D eigenvalue weighted by Gasteiger charge is 2.14. The highest BCUT2D eigenvalue weighted by Crippen LogP contribution is 2.23. The van der Waals surface area contributed by atoms with Gasteiger partial charge in [0, 0.05) is 16.8 Å². The van der Waals surface area contributed by atoms with Gasteiger partial charge in [0.05, 0.1) is 11.8 Å². The number of fused-ring (bicyclic) bond motifs is 1. The van der Waals surface area contributed by atoms with E-state index in [0.717, 1.165) is 11.0 Å². The molecule has 27 heavy (non-hydrogen) atoms. The first-order chi connectivity index (χ1) is 12.9. The monoisotopic (exact) mass is 387 g/mol. The summed E-state index contributed by atoms with van der Waals surface area (Å²) in [5.74, 6) is 0.658. The molecule has 142 valence electrons. The van der Waals surface area contributed by atoms with E-state index in [9.17, 15) is 13.2 Å². The number of carbonyl (C=O) groups is 1. The van der Waals surface area contributed by atoms with E-state index in [0.29, 0.717) is 17.1 Å². The van der Waals surface area contributed by atoms with Crippen molar-refractivity contribution in [1.29, 1.82) is 0 Å². The Labute approximate surface area is 157 Å². The van der Waals surface area contributed by atoms with E-state index >= 15 is 0 Å². The molecule has 0 aliphatic rings. The maximum Gasteiger partial charge on any atom is 0.319 e. The van der Waals surface area contributed by atoms with Gasteiger partial charge in [-0.25, -0.2) is 13.2 Å². The maximum atomic E-state index is 12.2. The molecular formula is C19H21N3O4S. The second-order valence-corrected chi connectivity index (χ2v) is 8.10. The fraction of sp³-hybridized carbons (Fsp3) is 0.211. The average molecular weight is 387 g/mol. The second kappa shape index (κ2) is 7.71. The van der Waals surface area contributed by atoms with Gasteiger partial charge in [0.1, 0.15) is 11.3 Å². The summed E-state index contributed by atoms with van der Waals surface area (Å²) in [6, 6.07) is 15.3. The Morgan fingerprint density at radius 3 is 2.41 bits per heavy atom. The van der Waals surface area contributed by atoms with Gasteiger partial charge in [0.25, 0.3) is 0 Å². The molecule has 8 heteroatoms. The molecule has 0 saturated heterocycles. The minimum Gasteiger partial charge on any atom is -0.459 e. The van der Waals surface area contributed by atoms with E-state index < -0.39 is 10.0 Å². The van der Waals surface area contributed by atoms with E-state index in [4.69, 9.17) is 4.42 Å². The fourth-order valence-electron chi connectivity index (χ4n) is 2.52. The molecule has 2 aromatic carbocycles. The number of amides is 2. The first kappa shape index (κ1) is 18.8. The van der Waals surface area contributed by atoms with Gasteiger partial charge < -0.3 is 15.1 Å². The SMILES string of the molecule is CCS(=O)(=O)Nc1ccc(NC(=O)NC(C)c2cc3ccccc3o2)cc1. The number of carbonyl (C=O) groups excluding carboxylic acids is 1. The Morgan fingerprint density at radius 1 is 1.07 bits per heavy atom. The summed E-state index contributed by atoms with van der Waals surface area (Å²) >= 11 is 0. The maximum absolute atomic E-state index is 12.2. The molecule has 0 fully saturated rings. The molecule has 0 aliphatic heterocycles. The predicted octanol–water partition coefficient (Wildman–Crippen LogP) is 4.08. The van der Waals surface area contributed by atoms with Crippen LogP contribution in [0, 0.1) is 0 Å². The van der Waals surface area contributed by atoms with Crippen LogP contribution in [0.25, 0.3) is 11.0 Å². The average Bonchev–Trinajstić information content (AvgIpc) is 3.07. The van der Waals surface area contributed by atoms with Gasteiger partial charge in [-0.05, 0) is 50.2 Å². The molecule has 7 nitrogen and oxygen atoms in total. The lowest BCUT2D eigenvalue weighted by Crippen LogP contribution is -2.30. The van der Waals surface area contributed by atoms with Crippen LogP contribution in [0.3, 0.4) is 0 Å². The number of rotatable bonds is 6. The molecule has 2 amide bonds. The number of para-hydroxylation sites is 1. The summed E-state index contributed by atoms with van der Waals surface area (Å²) in [5.41, 5.74) is 1.76. The van der Waals surface area contributed by atoms with Crippen LogP contribution in [0.4, 0.5) is 16.2 Å². The summed E-state index contributed by atoms with van der Waals surface area (Å²) in [7, 11) is -3.33. The summed E-state index contributed by atoms with van der Waals surface area (Å²) in [4.78, 5) is 12.2. The van der Waals surface area contributed by atoms with Crippen LogP contribution in [0.1, 0.15) is 25.6 Å². The van der Waals surface area contributed by atoms with Crippen molar-refractivity contribution in [3.63, 3.8) is 0 Å². The molecule has 0 radical (unpaired) electrons. The summed E-state index contributed by atoms with van der Waals surface area (Å²) < 4.78 is 31.3. The van der Waals surface area contributed by atoms with Crippen LogP contribution in [0.2, 0.25) is 0 Å². The van der Waals surface area contributed by atoms with E-state index in [1.807, 2.05) is 37.3 Å². The van der Waals surface area contributed by atoms with Crippen molar-refractivity contribution >= 4 is 38.4 Å². The number of furan rings is 1. The van der Waals surface area contributed by atoms with Crippen LogP contribution in [0.15, 0.2) is 59.0 Å². The second-order valence-electron chi connectivity index (χ2n) is 6.09. The molecule has 0 spiro atoms. The van der Waals surface area contributed by atoms with Crippen molar-refractivity contribution in [2.24, 2.45) is 0 Å². The van der Waals surface area contributed by atoms with Gasteiger partial charge in [-0.2, -0.15) is 0 Å². The number of urea groups is 1. The van der Waals surface area contributed by atoms with Crippen LogP contribution < -0.4 is 15.4 Å². The van der Waals surface area contributed by atoms with Crippen LogP contribution in [0.5, 0.6) is 0 Å². The van der Waals surface area contributed by atoms with Gasteiger partial charge in [-0.1, -0.05) is 18.2 Å². The summed E-state index contributed by atoms with van der Waals surface area (Å²) in [6.45, 7) is 3.39. The normalized spacial score (nSPS) is 12.5. The van der Waals surface area contributed by atoms with Crippen molar-refractivity contribution in [2.45, 2.75) is 19.9 Å². The Hall–Kier alpha value is -3.00. The molecule has 1 heterocycles. The number of nitrogens with one attached hydrogen (secondary N) is 3. The molecule has 1 aromatic heterocycles. The fourth-order valence-corrected chi connectivity index (χ4v) is 3.16. The van der Waals surface area contributed by atoms with E-state index in [1.165, 1.54) is 0 Å². The van der Waals surface area contributed by atoms with Crippen molar-refractivity contribution in [2.75, 3.05) is 15.8 Å². The lowest BCUT2D eigenvalue weighted by molar-refractivity contribution is 0.248. The lowest BCUT2D eigenvalue weighted by atomic mass is 10.2. The minimum atomic E-state index is -3.33. The van der Waals surface area contributed by atoms with Gasteiger partial charge >= 0.3 is 6.03 Å². The summed E-state index contributed by atoms with van der Waals surface area (Å²) in [6.07, 6.45) is 0. The first-order valence-corrected chi connectivity index (χ1v) is 10.2. The first-order valence-electron chi connectivity index (χ1n) is 8.53. The molecular weight excluding hydrogens is 366 g/mol. The third-order valence-corrected chi connectivity index (χ3v) is 5.32. The standard InChI is InChI=1S/C19H21N3O4S/c1-3-27(24,25)22-16-10-8-15(9-11-16)21-19(23)20-13(2)18-12-14-6-4-5-7-17(14)26-18/h4-13,22H,3H2,1-2H3,(H2,20,21,23). The van der Waals surface area contributed by atoms with Crippen LogP contribution >= 0.6 is 0 Å². The van der Waals surface area contributed by atoms with Crippen molar-refractivity contribution in [1.82, 2.24) is 5.32 Å². The zero-order valence-electron chi connectivity index (χ0n) is 15.0. The topological polar surface area (TPSA) is 100 Å². The van der Waals surface area contributed by atoms with Gasteiger partial charge in [0.2, 0.25) is 10.0 Å². The van der Waals surface area contributed by atoms with E-state index in [2.05, 4.69) is 15.4 Å². The third kappa shape index (κ3) is 4.79. The number of anilines is 2. The Bertz CT molecular complexity index is 1010. The van der Waals surface area contributed by atoms with Crippen molar-refractivity contribution in [3.8, 4) is 0 Å². The highest BCUT2D eigenvalue weighted by molar-refractivity contribution is 7.92. The third-order valence-electron chi connectivity index (χ3n) is 4.02. The molecule has 3 rings (SSSR count). The van der Waals surface area contributed by atoms with Crippen LogP contribution in [-0.2, 0) is 10.0 Å². The number of benzene rings is 2. The zero-order chi connectivity index (χ0) is 19.4.